The van der Waals surface area contributed by atoms with Crippen LogP contribution in [0.4, 0.5) is 0 Å². The number of aryl methyl sites for hydroxylation is 1. The van der Waals surface area contributed by atoms with E-state index >= 15 is 0 Å². The first-order valence-corrected chi connectivity index (χ1v) is 8.32. The van der Waals surface area contributed by atoms with E-state index in [2.05, 4.69) is 0 Å². The molecule has 0 saturated heterocycles. The van der Waals surface area contributed by atoms with Gasteiger partial charge in [0.2, 0.25) is 0 Å². The van der Waals surface area contributed by atoms with Gasteiger partial charge in [-0.3, -0.25) is 4.79 Å². The fourth-order valence-electron chi connectivity index (χ4n) is 2.50. The van der Waals surface area contributed by atoms with Crippen LogP contribution in [0.3, 0.4) is 0 Å². The zero-order valence-corrected chi connectivity index (χ0v) is 14.3. The predicted octanol–water partition coefficient (Wildman–Crippen LogP) is 2.57. The van der Waals surface area contributed by atoms with Gasteiger partial charge in [-0.1, -0.05) is 36.4 Å². The lowest BCUT2D eigenvalue weighted by Gasteiger charge is -2.17. The Hall–Kier alpha value is -2.37. The van der Waals surface area contributed by atoms with E-state index in [1.807, 2.05) is 42.5 Å². The first kappa shape index (κ1) is 19.0. The van der Waals surface area contributed by atoms with Gasteiger partial charge in [0, 0.05) is 12.8 Å². The van der Waals surface area contributed by atoms with Crippen LogP contribution >= 0.6 is 0 Å². The summed E-state index contributed by atoms with van der Waals surface area (Å²) in [5.41, 5.74) is 2.68. The summed E-state index contributed by atoms with van der Waals surface area (Å²) in [6, 6.07) is 15.2. The molecule has 0 saturated carbocycles. The topological polar surface area (TPSA) is 87.0 Å². The van der Waals surface area contributed by atoms with Crippen molar-refractivity contribution in [3.05, 3.63) is 65.2 Å². The largest absolute Gasteiger partial charge is 0.489 e. The minimum Gasteiger partial charge on any atom is -0.489 e. The third kappa shape index (κ3) is 6.21. The molecule has 134 valence electrons. The molecule has 0 radical (unpaired) electrons. The Kier molecular flexibility index (Phi) is 6.98. The van der Waals surface area contributed by atoms with Gasteiger partial charge in [0.1, 0.15) is 12.4 Å². The average Bonchev–Trinajstić information content (AvgIpc) is 2.59. The van der Waals surface area contributed by atoms with Gasteiger partial charge in [0.15, 0.2) is 0 Å². The van der Waals surface area contributed by atoms with Gasteiger partial charge < -0.3 is 20.1 Å². The van der Waals surface area contributed by atoms with E-state index in [0.29, 0.717) is 18.8 Å². The fourth-order valence-corrected chi connectivity index (χ4v) is 2.50. The van der Waals surface area contributed by atoms with Gasteiger partial charge in [0.25, 0.3) is 0 Å². The average molecular weight is 344 g/mol. The third-order valence-corrected chi connectivity index (χ3v) is 4.02. The number of aliphatic hydroxyl groups excluding tert-OH is 2. The van der Waals surface area contributed by atoms with Crippen molar-refractivity contribution >= 4 is 5.97 Å². The molecule has 0 aliphatic carbocycles. The van der Waals surface area contributed by atoms with Gasteiger partial charge in [-0.25, -0.2) is 0 Å². The number of aliphatic carboxylic acids is 1. The van der Waals surface area contributed by atoms with Crippen LogP contribution < -0.4 is 4.74 Å². The molecule has 0 aliphatic heterocycles. The second kappa shape index (κ2) is 9.20. The number of ether oxygens (including phenoxy) is 1. The molecule has 2 unspecified atom stereocenters. The standard InChI is InChI=1S/C20H24O5/c1-14(21)19(22)12-17-11-18(9-7-16(17)8-10-20(23)24)25-13-15-5-3-2-4-6-15/h2-7,9,11,14,19,21-22H,8,10,12-13H2,1H3,(H,23,24). The molecule has 25 heavy (non-hydrogen) atoms. The highest BCUT2D eigenvalue weighted by molar-refractivity contribution is 5.67. The number of benzene rings is 2. The van der Waals surface area contributed by atoms with Crippen LogP contribution in [0.2, 0.25) is 0 Å². The van der Waals surface area contributed by atoms with Crippen molar-refractivity contribution in [1.82, 2.24) is 0 Å². The number of carboxylic acids is 1. The second-order valence-electron chi connectivity index (χ2n) is 6.11. The Bertz CT molecular complexity index is 682. The lowest BCUT2D eigenvalue weighted by molar-refractivity contribution is -0.136. The molecule has 2 aromatic carbocycles. The molecule has 0 aromatic heterocycles. The summed E-state index contributed by atoms with van der Waals surface area (Å²) in [5.74, 6) is -0.220. The number of carbonyl (C=O) groups is 1. The monoisotopic (exact) mass is 344 g/mol. The minimum absolute atomic E-state index is 0.0159. The molecule has 0 aliphatic rings. The third-order valence-electron chi connectivity index (χ3n) is 4.02. The van der Waals surface area contributed by atoms with Crippen molar-refractivity contribution in [3.8, 4) is 5.75 Å². The molecule has 0 fully saturated rings. The smallest absolute Gasteiger partial charge is 0.303 e. The van der Waals surface area contributed by atoms with E-state index < -0.39 is 18.2 Å². The zero-order chi connectivity index (χ0) is 18.2. The number of carboxylic acid groups (broad SMARTS) is 1. The van der Waals surface area contributed by atoms with Crippen LogP contribution in [0.1, 0.15) is 30.0 Å². The highest BCUT2D eigenvalue weighted by atomic mass is 16.5. The molecular formula is C20H24O5. The van der Waals surface area contributed by atoms with Crippen LogP contribution in [0, 0.1) is 0 Å². The molecule has 3 N–H and O–H groups in total. The van der Waals surface area contributed by atoms with Gasteiger partial charge in [-0.15, -0.1) is 0 Å². The summed E-state index contributed by atoms with van der Waals surface area (Å²) in [6.07, 6.45) is -1.14. The molecular weight excluding hydrogens is 320 g/mol. The Morgan fingerprint density at radius 2 is 1.80 bits per heavy atom. The van der Waals surface area contributed by atoms with E-state index in [0.717, 1.165) is 16.7 Å². The summed E-state index contributed by atoms with van der Waals surface area (Å²) in [4.78, 5) is 10.8. The minimum atomic E-state index is -0.909. The van der Waals surface area contributed by atoms with Crippen LogP contribution in [-0.2, 0) is 24.2 Å². The van der Waals surface area contributed by atoms with Crippen molar-refractivity contribution in [2.24, 2.45) is 0 Å². The van der Waals surface area contributed by atoms with Crippen molar-refractivity contribution < 1.29 is 24.9 Å². The maximum absolute atomic E-state index is 10.8. The maximum Gasteiger partial charge on any atom is 0.303 e. The Morgan fingerprint density at radius 3 is 2.44 bits per heavy atom. The molecule has 0 heterocycles. The van der Waals surface area contributed by atoms with E-state index in [1.54, 1.807) is 6.07 Å². The van der Waals surface area contributed by atoms with Gasteiger partial charge in [-0.2, -0.15) is 0 Å². The highest BCUT2D eigenvalue weighted by Gasteiger charge is 2.15. The number of rotatable bonds is 9. The summed E-state index contributed by atoms with van der Waals surface area (Å²) < 4.78 is 5.79. The van der Waals surface area contributed by atoms with E-state index in [4.69, 9.17) is 9.84 Å². The lowest BCUT2D eigenvalue weighted by Crippen LogP contribution is -2.25. The molecule has 2 atom stereocenters. The molecule has 5 nitrogen and oxygen atoms in total. The van der Waals surface area contributed by atoms with Gasteiger partial charge in [-0.05, 0) is 42.2 Å². The number of hydrogen-bond donors (Lipinski definition) is 3. The zero-order valence-electron chi connectivity index (χ0n) is 14.3. The van der Waals surface area contributed by atoms with Gasteiger partial charge in [0.05, 0.1) is 12.2 Å². The van der Waals surface area contributed by atoms with Crippen LogP contribution in [0.25, 0.3) is 0 Å². The summed E-state index contributed by atoms with van der Waals surface area (Å²) >= 11 is 0. The lowest BCUT2D eigenvalue weighted by atomic mass is 9.96. The number of aliphatic hydroxyl groups is 2. The van der Waals surface area contributed by atoms with E-state index in [1.165, 1.54) is 6.92 Å². The Labute approximate surface area is 147 Å². The van der Waals surface area contributed by atoms with Crippen molar-refractivity contribution in [2.75, 3.05) is 0 Å². The summed E-state index contributed by atoms with van der Waals surface area (Å²) in [7, 11) is 0. The van der Waals surface area contributed by atoms with Crippen LogP contribution in [0.5, 0.6) is 5.75 Å². The summed E-state index contributed by atoms with van der Waals surface area (Å²) in [6.45, 7) is 1.95. The van der Waals surface area contributed by atoms with E-state index in [-0.39, 0.29) is 12.8 Å². The van der Waals surface area contributed by atoms with Crippen molar-refractivity contribution in [2.45, 2.75) is 45.0 Å². The van der Waals surface area contributed by atoms with Crippen molar-refractivity contribution in [3.63, 3.8) is 0 Å². The molecule has 2 aromatic rings. The Morgan fingerprint density at radius 1 is 1.08 bits per heavy atom. The summed E-state index contributed by atoms with van der Waals surface area (Å²) in [5, 5.41) is 28.4. The molecule has 0 spiro atoms. The van der Waals surface area contributed by atoms with Crippen LogP contribution in [-0.4, -0.2) is 33.5 Å². The van der Waals surface area contributed by atoms with Gasteiger partial charge >= 0.3 is 5.97 Å². The molecule has 0 bridgehead atoms. The van der Waals surface area contributed by atoms with E-state index in [9.17, 15) is 15.0 Å². The SMILES string of the molecule is CC(O)C(O)Cc1cc(OCc2ccccc2)ccc1CCC(=O)O. The highest BCUT2D eigenvalue weighted by Crippen LogP contribution is 2.22. The Balaban J connectivity index is 2.13. The maximum atomic E-state index is 10.8. The quantitative estimate of drug-likeness (QED) is 0.651. The first-order valence-electron chi connectivity index (χ1n) is 8.32. The number of hydrogen-bond acceptors (Lipinski definition) is 4. The molecule has 0 amide bonds. The fraction of sp³-hybridized carbons (Fsp3) is 0.350. The second-order valence-corrected chi connectivity index (χ2v) is 6.11. The normalized spacial score (nSPS) is 13.2. The molecule has 2 rings (SSSR count). The van der Waals surface area contributed by atoms with Crippen LogP contribution in [0.15, 0.2) is 48.5 Å². The molecule has 5 heteroatoms. The first-order chi connectivity index (χ1) is 12.0. The van der Waals surface area contributed by atoms with Crippen molar-refractivity contribution in [1.29, 1.82) is 0 Å². The predicted molar refractivity (Wildman–Crippen MR) is 94.6 cm³/mol.